The van der Waals surface area contributed by atoms with Gasteiger partial charge in [-0.15, -0.1) is 0 Å². The van der Waals surface area contributed by atoms with E-state index in [1.54, 1.807) is 18.2 Å². The van der Waals surface area contributed by atoms with Crippen LogP contribution in [0.5, 0.6) is 0 Å². The molecule has 1 aliphatic heterocycles. The number of hydrogen-bond donors (Lipinski definition) is 0. The van der Waals surface area contributed by atoms with Crippen LogP contribution in [0.25, 0.3) is 22.5 Å². The maximum atomic E-state index is 13.2. The predicted octanol–water partition coefficient (Wildman–Crippen LogP) is 6.27. The van der Waals surface area contributed by atoms with Gasteiger partial charge in [0.25, 0.3) is 11.1 Å². The molecule has 7 heteroatoms. The second kappa shape index (κ2) is 9.51. The smallest absolute Gasteiger partial charge is 0.337 e. The molecule has 0 radical (unpaired) electrons. The Morgan fingerprint density at radius 2 is 1.69 bits per heavy atom. The van der Waals surface area contributed by atoms with E-state index in [0.717, 1.165) is 50.7 Å². The number of aromatic nitrogens is 1. The lowest BCUT2D eigenvalue weighted by atomic mass is 10.0. The number of imide groups is 1. The highest BCUT2D eigenvalue weighted by Crippen LogP contribution is 2.35. The summed E-state index contributed by atoms with van der Waals surface area (Å²) < 4.78 is 6.82. The van der Waals surface area contributed by atoms with Gasteiger partial charge in [0.15, 0.2) is 0 Å². The van der Waals surface area contributed by atoms with Crippen molar-refractivity contribution in [1.29, 1.82) is 0 Å². The molecule has 1 aliphatic rings. The maximum absolute atomic E-state index is 13.2. The Balaban J connectivity index is 1.42. The number of rotatable bonds is 5. The van der Waals surface area contributed by atoms with Crippen molar-refractivity contribution in [2.75, 3.05) is 7.11 Å². The number of benzene rings is 3. The number of hydrogen-bond acceptors (Lipinski definition) is 5. The Labute approximate surface area is 213 Å². The Hall–Kier alpha value is -4.10. The zero-order valence-electron chi connectivity index (χ0n) is 20.1. The molecule has 5 rings (SSSR count). The van der Waals surface area contributed by atoms with Gasteiger partial charge in [0.1, 0.15) is 0 Å². The molecule has 1 aromatic heterocycles. The van der Waals surface area contributed by atoms with Crippen molar-refractivity contribution < 1.29 is 19.1 Å². The van der Waals surface area contributed by atoms with Crippen LogP contribution < -0.4 is 0 Å². The first kappa shape index (κ1) is 23.6. The first-order chi connectivity index (χ1) is 17.4. The summed E-state index contributed by atoms with van der Waals surface area (Å²) in [5.41, 5.74) is 5.06. The van der Waals surface area contributed by atoms with Crippen LogP contribution in [0.4, 0.5) is 4.79 Å². The third kappa shape index (κ3) is 4.22. The number of carbonyl (C=O) groups excluding carboxylic acids is 3. The largest absolute Gasteiger partial charge is 0.465 e. The van der Waals surface area contributed by atoms with Crippen LogP contribution >= 0.6 is 11.8 Å². The summed E-state index contributed by atoms with van der Waals surface area (Å²) in [6.07, 6.45) is 1.79. The average molecular weight is 497 g/mol. The molecule has 0 aliphatic carbocycles. The fourth-order valence-corrected chi connectivity index (χ4v) is 5.40. The van der Waals surface area contributed by atoms with Crippen molar-refractivity contribution >= 4 is 45.7 Å². The van der Waals surface area contributed by atoms with Crippen LogP contribution in [0.2, 0.25) is 0 Å². The number of ether oxygens (including phenoxy) is 1. The molecular weight excluding hydrogens is 472 g/mol. The van der Waals surface area contributed by atoms with E-state index in [4.69, 9.17) is 4.74 Å². The number of thioether (sulfide) groups is 1. The number of carbonyl (C=O) groups is 3. The molecule has 4 aromatic rings. The summed E-state index contributed by atoms with van der Waals surface area (Å²) >= 11 is 0.966. The van der Waals surface area contributed by atoms with Crippen LogP contribution in [0.15, 0.2) is 77.7 Å². The van der Waals surface area contributed by atoms with Gasteiger partial charge in [0.2, 0.25) is 0 Å². The quantitative estimate of drug-likeness (QED) is 0.241. The molecule has 6 nitrogen and oxygen atoms in total. The normalized spacial score (nSPS) is 14.8. The lowest BCUT2D eigenvalue weighted by molar-refractivity contribution is -0.123. The molecule has 3 aromatic carbocycles. The zero-order valence-corrected chi connectivity index (χ0v) is 21.0. The summed E-state index contributed by atoms with van der Waals surface area (Å²) in [6.45, 7) is 4.17. The van der Waals surface area contributed by atoms with Crippen molar-refractivity contribution in [3.8, 4) is 5.69 Å². The number of esters is 1. The molecule has 1 fully saturated rings. The van der Waals surface area contributed by atoms with Gasteiger partial charge in [0.05, 0.1) is 24.1 Å². The summed E-state index contributed by atoms with van der Waals surface area (Å²) in [7, 11) is 1.35. The number of methoxy groups -OCH3 is 1. The molecular formula is C29H24N2O4S. The van der Waals surface area contributed by atoms with Gasteiger partial charge < -0.3 is 9.30 Å². The average Bonchev–Trinajstić information content (AvgIpc) is 3.32. The van der Waals surface area contributed by atoms with Crippen molar-refractivity contribution in [3.63, 3.8) is 0 Å². The number of fused-ring (bicyclic) bond motifs is 1. The summed E-state index contributed by atoms with van der Waals surface area (Å²) in [5.74, 6) is -0.674. The van der Waals surface area contributed by atoms with Crippen LogP contribution in [0.3, 0.4) is 0 Å². The summed E-state index contributed by atoms with van der Waals surface area (Å²) in [4.78, 5) is 39.5. The van der Waals surface area contributed by atoms with E-state index in [-0.39, 0.29) is 23.7 Å². The lowest BCUT2D eigenvalue weighted by Crippen LogP contribution is -2.27. The minimum absolute atomic E-state index is 0.231. The first-order valence-corrected chi connectivity index (χ1v) is 12.3. The summed E-state index contributed by atoms with van der Waals surface area (Å²) in [6, 6.07) is 23.0. The molecule has 36 heavy (non-hydrogen) atoms. The SMILES string of the molecule is COC(=O)c1ccc(-n2c(C)cc(/C=C3\SC(=O)N(Cc4cccc5ccccc45)C3=O)c2C)cc1. The van der Waals surface area contributed by atoms with Crippen molar-refractivity contribution in [1.82, 2.24) is 9.47 Å². The van der Waals surface area contributed by atoms with Gasteiger partial charge >= 0.3 is 5.97 Å². The van der Waals surface area contributed by atoms with Crippen molar-refractivity contribution in [2.24, 2.45) is 0 Å². The van der Waals surface area contributed by atoms with Crippen LogP contribution in [0, 0.1) is 13.8 Å². The van der Waals surface area contributed by atoms with Gasteiger partial charge in [-0.25, -0.2) is 4.79 Å². The molecule has 1 saturated heterocycles. The van der Waals surface area contributed by atoms with E-state index in [9.17, 15) is 14.4 Å². The van der Waals surface area contributed by atoms with E-state index < -0.39 is 0 Å². The number of amides is 2. The van der Waals surface area contributed by atoms with E-state index in [1.165, 1.54) is 12.0 Å². The topological polar surface area (TPSA) is 68.6 Å². The molecule has 0 unspecified atom stereocenters. The first-order valence-electron chi connectivity index (χ1n) is 11.5. The van der Waals surface area contributed by atoms with Crippen LogP contribution in [-0.4, -0.2) is 33.7 Å². The Bertz CT molecular complexity index is 1540. The van der Waals surface area contributed by atoms with Gasteiger partial charge in [-0.2, -0.15) is 0 Å². The number of aryl methyl sites for hydroxylation is 1. The third-order valence-electron chi connectivity index (χ3n) is 6.39. The van der Waals surface area contributed by atoms with Crippen molar-refractivity contribution in [2.45, 2.75) is 20.4 Å². The fourth-order valence-electron chi connectivity index (χ4n) is 4.57. The van der Waals surface area contributed by atoms with Gasteiger partial charge in [-0.3, -0.25) is 14.5 Å². The lowest BCUT2D eigenvalue weighted by Gasteiger charge is -2.14. The Kier molecular flexibility index (Phi) is 6.24. The molecule has 0 spiro atoms. The highest BCUT2D eigenvalue weighted by Gasteiger charge is 2.35. The van der Waals surface area contributed by atoms with Gasteiger partial charge in [-0.1, -0.05) is 42.5 Å². The molecule has 2 heterocycles. The maximum Gasteiger partial charge on any atom is 0.337 e. The Morgan fingerprint density at radius 1 is 0.972 bits per heavy atom. The zero-order chi connectivity index (χ0) is 25.4. The molecule has 0 N–H and O–H groups in total. The monoisotopic (exact) mass is 496 g/mol. The highest BCUT2D eigenvalue weighted by molar-refractivity contribution is 8.18. The number of nitrogens with zero attached hydrogens (tertiary/aromatic N) is 2. The fraction of sp³-hybridized carbons (Fsp3) is 0.138. The van der Waals surface area contributed by atoms with E-state index in [0.29, 0.717) is 10.5 Å². The molecule has 0 atom stereocenters. The Morgan fingerprint density at radius 3 is 2.44 bits per heavy atom. The van der Waals surface area contributed by atoms with E-state index in [2.05, 4.69) is 0 Å². The summed E-state index contributed by atoms with van der Waals surface area (Å²) in [5, 5.41) is 1.83. The van der Waals surface area contributed by atoms with E-state index in [1.807, 2.05) is 79.1 Å². The molecule has 0 saturated carbocycles. The molecule has 0 bridgehead atoms. The second-order valence-electron chi connectivity index (χ2n) is 8.61. The highest BCUT2D eigenvalue weighted by atomic mass is 32.2. The van der Waals surface area contributed by atoms with Gasteiger partial charge in [-0.05, 0) is 83.9 Å². The molecule has 180 valence electrons. The van der Waals surface area contributed by atoms with Gasteiger partial charge in [0, 0.05) is 17.1 Å². The predicted molar refractivity (Wildman–Crippen MR) is 142 cm³/mol. The minimum Gasteiger partial charge on any atom is -0.465 e. The third-order valence-corrected chi connectivity index (χ3v) is 7.29. The standard InChI is InChI=1S/C29H24N2O4S/c1-18-15-23(19(2)31(18)24-13-11-21(12-14-24)28(33)35-3)16-26-27(32)30(29(34)36-26)17-22-9-6-8-20-7-4-5-10-25(20)22/h4-16H,17H2,1-3H3/b26-16-. The minimum atomic E-state index is -0.387. The van der Waals surface area contributed by atoms with Crippen LogP contribution in [0.1, 0.15) is 32.9 Å². The molecule has 2 amide bonds. The van der Waals surface area contributed by atoms with E-state index >= 15 is 0 Å². The van der Waals surface area contributed by atoms with Crippen LogP contribution in [-0.2, 0) is 16.1 Å². The second-order valence-corrected chi connectivity index (χ2v) is 9.60. The van der Waals surface area contributed by atoms with Crippen molar-refractivity contribution in [3.05, 3.63) is 106 Å².